The number of aryl methyl sites for hydroxylation is 1. The fourth-order valence-electron chi connectivity index (χ4n) is 1.19. The molecule has 0 bridgehead atoms. The molecule has 0 saturated carbocycles. The van der Waals surface area contributed by atoms with Gasteiger partial charge in [0.25, 0.3) is 0 Å². The second-order valence-corrected chi connectivity index (χ2v) is 5.05. The molecule has 0 fully saturated rings. The summed E-state index contributed by atoms with van der Waals surface area (Å²) in [7, 11) is -3.23. The zero-order valence-corrected chi connectivity index (χ0v) is 9.80. The van der Waals surface area contributed by atoms with Crippen LogP contribution in [0.15, 0.2) is 18.3 Å². The number of sulfonamides is 1. The molecule has 0 aliphatic carbocycles. The van der Waals surface area contributed by atoms with E-state index in [0.29, 0.717) is 5.69 Å². The highest BCUT2D eigenvalue weighted by Gasteiger charge is 2.03. The van der Waals surface area contributed by atoms with Crippen LogP contribution < -0.4 is 4.72 Å². The zero-order valence-electron chi connectivity index (χ0n) is 8.98. The van der Waals surface area contributed by atoms with Crippen LogP contribution in [0, 0.1) is 6.92 Å². The third kappa shape index (κ3) is 3.71. The van der Waals surface area contributed by atoms with Gasteiger partial charge in [0.15, 0.2) is 0 Å². The molecule has 15 heavy (non-hydrogen) atoms. The highest BCUT2D eigenvalue weighted by Crippen LogP contribution is 2.14. The molecule has 1 aromatic rings. The van der Waals surface area contributed by atoms with Crippen LogP contribution in [-0.2, 0) is 10.0 Å². The van der Waals surface area contributed by atoms with Crippen LogP contribution in [-0.4, -0.2) is 19.7 Å². The van der Waals surface area contributed by atoms with Crippen LogP contribution in [0.1, 0.15) is 18.2 Å². The van der Waals surface area contributed by atoms with Crippen LogP contribution in [0.25, 0.3) is 6.08 Å². The van der Waals surface area contributed by atoms with Crippen LogP contribution in [0.2, 0.25) is 0 Å². The van der Waals surface area contributed by atoms with Gasteiger partial charge in [0.05, 0.1) is 23.8 Å². The van der Waals surface area contributed by atoms with Gasteiger partial charge >= 0.3 is 0 Å². The molecular formula is C10H14N2O2S. The molecule has 4 nitrogen and oxygen atoms in total. The smallest absolute Gasteiger partial charge is 0.229 e. The van der Waals surface area contributed by atoms with E-state index in [1.807, 2.05) is 26.0 Å². The molecule has 0 aromatic carbocycles. The molecule has 0 saturated heterocycles. The van der Waals surface area contributed by atoms with Crippen molar-refractivity contribution in [2.45, 2.75) is 13.8 Å². The van der Waals surface area contributed by atoms with Gasteiger partial charge in [-0.25, -0.2) is 8.42 Å². The van der Waals surface area contributed by atoms with E-state index in [0.717, 1.165) is 17.5 Å². The first kappa shape index (κ1) is 11.7. The molecule has 0 atom stereocenters. The highest BCUT2D eigenvalue weighted by atomic mass is 32.2. The zero-order chi connectivity index (χ0) is 11.5. The molecule has 0 amide bonds. The van der Waals surface area contributed by atoms with Gasteiger partial charge in [-0.3, -0.25) is 9.71 Å². The van der Waals surface area contributed by atoms with Crippen LogP contribution >= 0.6 is 0 Å². The number of hydrogen-bond acceptors (Lipinski definition) is 3. The Labute approximate surface area is 90.1 Å². The third-order valence-electron chi connectivity index (χ3n) is 1.75. The van der Waals surface area contributed by atoms with Gasteiger partial charge in [-0.2, -0.15) is 0 Å². The molecule has 0 unspecified atom stereocenters. The number of allylic oxidation sites excluding steroid dienone is 1. The van der Waals surface area contributed by atoms with Crippen LogP contribution in [0.3, 0.4) is 0 Å². The second-order valence-electron chi connectivity index (χ2n) is 3.30. The maximum absolute atomic E-state index is 11.0. The summed E-state index contributed by atoms with van der Waals surface area (Å²) in [5, 5.41) is 0. The van der Waals surface area contributed by atoms with E-state index in [1.165, 1.54) is 6.20 Å². The summed E-state index contributed by atoms with van der Waals surface area (Å²) in [6.45, 7) is 3.79. The lowest BCUT2D eigenvalue weighted by atomic mass is 10.2. The monoisotopic (exact) mass is 226 g/mol. The predicted octanol–water partition coefficient (Wildman–Crippen LogP) is 1.79. The molecule has 1 N–H and O–H groups in total. The van der Waals surface area contributed by atoms with E-state index >= 15 is 0 Å². The standard InChI is InChI=1S/C10H14N2O2S/c1-4-5-10-8(2)6-9(7-11-10)12-15(3,13)14/h4-7,12H,1-3H3. The predicted molar refractivity (Wildman–Crippen MR) is 62.1 cm³/mol. The van der Waals surface area contributed by atoms with E-state index in [9.17, 15) is 8.42 Å². The lowest BCUT2D eigenvalue weighted by Crippen LogP contribution is -2.10. The van der Waals surface area contributed by atoms with Crippen molar-refractivity contribution >= 4 is 21.8 Å². The molecule has 1 heterocycles. The largest absolute Gasteiger partial charge is 0.282 e. The number of pyridine rings is 1. The molecule has 1 aromatic heterocycles. The van der Waals surface area contributed by atoms with Crippen molar-refractivity contribution in [1.29, 1.82) is 0 Å². The summed E-state index contributed by atoms with van der Waals surface area (Å²) >= 11 is 0. The minimum atomic E-state index is -3.23. The summed E-state index contributed by atoms with van der Waals surface area (Å²) in [4.78, 5) is 4.14. The normalized spacial score (nSPS) is 11.9. The van der Waals surface area contributed by atoms with Crippen molar-refractivity contribution < 1.29 is 8.42 Å². The Kier molecular flexibility index (Phi) is 3.47. The summed E-state index contributed by atoms with van der Waals surface area (Å²) in [5.41, 5.74) is 2.27. The SMILES string of the molecule is CC=Cc1ncc(NS(C)(=O)=O)cc1C. The Hall–Kier alpha value is -1.36. The Balaban J connectivity index is 3.02. The Morgan fingerprint density at radius 1 is 1.47 bits per heavy atom. The highest BCUT2D eigenvalue weighted by molar-refractivity contribution is 7.92. The summed E-state index contributed by atoms with van der Waals surface area (Å²) in [6.07, 6.45) is 6.38. The van der Waals surface area contributed by atoms with Gasteiger partial charge in [0.2, 0.25) is 10.0 Å². The average molecular weight is 226 g/mol. The van der Waals surface area contributed by atoms with Gasteiger partial charge in [-0.1, -0.05) is 6.08 Å². The van der Waals surface area contributed by atoms with Gasteiger partial charge < -0.3 is 0 Å². The average Bonchev–Trinajstić information content (AvgIpc) is 2.07. The quantitative estimate of drug-likeness (QED) is 0.854. The number of nitrogens with one attached hydrogen (secondary N) is 1. The van der Waals surface area contributed by atoms with Crippen molar-refractivity contribution in [2.75, 3.05) is 11.0 Å². The molecule has 0 aliphatic heterocycles. The maximum Gasteiger partial charge on any atom is 0.229 e. The minimum Gasteiger partial charge on any atom is -0.282 e. The van der Waals surface area contributed by atoms with E-state index < -0.39 is 10.0 Å². The number of rotatable bonds is 3. The van der Waals surface area contributed by atoms with Crippen molar-refractivity contribution in [3.63, 3.8) is 0 Å². The maximum atomic E-state index is 11.0. The van der Waals surface area contributed by atoms with E-state index in [1.54, 1.807) is 6.07 Å². The minimum absolute atomic E-state index is 0.489. The van der Waals surface area contributed by atoms with Crippen molar-refractivity contribution in [3.8, 4) is 0 Å². The molecule has 0 spiro atoms. The van der Waals surface area contributed by atoms with Crippen molar-refractivity contribution in [3.05, 3.63) is 29.6 Å². The lowest BCUT2D eigenvalue weighted by Gasteiger charge is -2.05. The fourth-order valence-corrected chi connectivity index (χ4v) is 1.73. The Morgan fingerprint density at radius 3 is 2.60 bits per heavy atom. The summed E-state index contributed by atoms with van der Waals surface area (Å²) < 4.78 is 24.3. The first-order chi connectivity index (χ1) is 6.92. The van der Waals surface area contributed by atoms with Gasteiger partial charge in [0, 0.05) is 0 Å². The first-order valence-corrected chi connectivity index (χ1v) is 6.38. The van der Waals surface area contributed by atoms with E-state index in [-0.39, 0.29) is 0 Å². The Bertz CT molecular complexity index is 478. The number of anilines is 1. The molecule has 1 rings (SSSR count). The van der Waals surface area contributed by atoms with Crippen LogP contribution in [0.5, 0.6) is 0 Å². The van der Waals surface area contributed by atoms with Gasteiger partial charge in [0.1, 0.15) is 0 Å². The number of nitrogens with zero attached hydrogens (tertiary/aromatic N) is 1. The second kappa shape index (κ2) is 4.44. The molecule has 82 valence electrons. The fraction of sp³-hybridized carbons (Fsp3) is 0.300. The first-order valence-electron chi connectivity index (χ1n) is 4.49. The lowest BCUT2D eigenvalue weighted by molar-refractivity contribution is 0.607. The number of hydrogen-bond donors (Lipinski definition) is 1. The molecule has 0 radical (unpaired) electrons. The van der Waals surface area contributed by atoms with Crippen molar-refractivity contribution in [2.24, 2.45) is 0 Å². The summed E-state index contributed by atoms with van der Waals surface area (Å²) in [6, 6.07) is 1.75. The van der Waals surface area contributed by atoms with Gasteiger partial charge in [-0.05, 0) is 31.6 Å². The molecule has 5 heteroatoms. The van der Waals surface area contributed by atoms with Crippen LogP contribution in [0.4, 0.5) is 5.69 Å². The van der Waals surface area contributed by atoms with Crippen molar-refractivity contribution in [1.82, 2.24) is 4.98 Å². The van der Waals surface area contributed by atoms with Gasteiger partial charge in [-0.15, -0.1) is 0 Å². The molecular weight excluding hydrogens is 212 g/mol. The topological polar surface area (TPSA) is 59.1 Å². The Morgan fingerprint density at radius 2 is 2.13 bits per heavy atom. The van der Waals surface area contributed by atoms with E-state index in [4.69, 9.17) is 0 Å². The molecule has 0 aliphatic rings. The number of aromatic nitrogens is 1. The summed E-state index contributed by atoms with van der Waals surface area (Å²) in [5.74, 6) is 0. The third-order valence-corrected chi connectivity index (χ3v) is 2.35. The van der Waals surface area contributed by atoms with E-state index in [2.05, 4.69) is 9.71 Å².